The minimum atomic E-state index is -0.114. The third-order valence-electron chi connectivity index (χ3n) is 6.70. The zero-order valence-corrected chi connectivity index (χ0v) is 23.7. The summed E-state index contributed by atoms with van der Waals surface area (Å²) in [5.41, 5.74) is 1.56. The molecule has 1 aliphatic heterocycles. The highest BCUT2D eigenvalue weighted by Gasteiger charge is 2.38. The van der Waals surface area contributed by atoms with Crippen LogP contribution in [0.2, 0.25) is 5.02 Å². The molecule has 204 valence electrons. The number of benzene rings is 2. The van der Waals surface area contributed by atoms with Gasteiger partial charge in [-0.3, -0.25) is 9.59 Å². The number of ketones is 1. The molecule has 38 heavy (non-hydrogen) atoms. The zero-order chi connectivity index (χ0) is 27.9. The van der Waals surface area contributed by atoms with Crippen molar-refractivity contribution in [3.05, 3.63) is 58.1 Å². The predicted octanol–water partition coefficient (Wildman–Crippen LogP) is 5.83. The van der Waals surface area contributed by atoms with Gasteiger partial charge in [-0.15, -0.1) is 0 Å². The number of methoxy groups -OCH3 is 1. The van der Waals surface area contributed by atoms with E-state index in [1.807, 2.05) is 0 Å². The summed E-state index contributed by atoms with van der Waals surface area (Å²) in [5, 5.41) is 16.5. The lowest BCUT2D eigenvalue weighted by atomic mass is 9.74. The molecule has 0 radical (unpaired) electrons. The van der Waals surface area contributed by atoms with Crippen molar-refractivity contribution in [1.82, 2.24) is 10.6 Å². The van der Waals surface area contributed by atoms with Gasteiger partial charge in [0, 0.05) is 43.1 Å². The summed E-state index contributed by atoms with van der Waals surface area (Å²) in [6.07, 6.45) is 2.96. The van der Waals surface area contributed by atoms with E-state index in [2.05, 4.69) is 44.4 Å². The number of rotatable bonds is 11. The van der Waals surface area contributed by atoms with E-state index in [1.54, 1.807) is 43.5 Å². The van der Waals surface area contributed by atoms with Crippen molar-refractivity contribution < 1.29 is 19.1 Å². The summed E-state index contributed by atoms with van der Waals surface area (Å²) in [5.74, 6) is 0.937. The summed E-state index contributed by atoms with van der Waals surface area (Å²) in [7, 11) is 1.57. The van der Waals surface area contributed by atoms with Crippen LogP contribution >= 0.6 is 11.6 Å². The fourth-order valence-corrected chi connectivity index (χ4v) is 5.78. The number of hydrogen-bond acceptors (Lipinski definition) is 6. The van der Waals surface area contributed by atoms with Crippen LogP contribution in [0.3, 0.4) is 0 Å². The molecule has 2 aromatic carbocycles. The highest BCUT2D eigenvalue weighted by molar-refractivity contribution is 6.32. The zero-order valence-electron chi connectivity index (χ0n) is 22.9. The summed E-state index contributed by atoms with van der Waals surface area (Å²) >= 11 is 6.52. The van der Waals surface area contributed by atoms with Crippen LogP contribution in [0.25, 0.3) is 0 Å². The Labute approximate surface area is 230 Å². The maximum Gasteiger partial charge on any atom is 0.220 e. The number of carbonyl (C=O) groups excluding carboxylic acids is 2. The molecular weight excluding hydrogens is 502 g/mol. The molecular formula is C30H38ClN3O4. The molecule has 0 unspecified atom stereocenters. The van der Waals surface area contributed by atoms with Crippen LogP contribution in [-0.4, -0.2) is 43.0 Å². The number of carbonyl (C=O) groups is 2. The van der Waals surface area contributed by atoms with Crippen LogP contribution in [0, 0.1) is 17.2 Å². The Hall–Kier alpha value is -2.92. The molecule has 1 amide bonds. The molecule has 0 saturated carbocycles. The second kappa shape index (κ2) is 12.8. The molecule has 8 heteroatoms. The van der Waals surface area contributed by atoms with Gasteiger partial charge >= 0.3 is 0 Å². The lowest BCUT2D eigenvalue weighted by Gasteiger charge is -2.46. The number of halogens is 1. The quantitative estimate of drug-likeness (QED) is 0.275. The third-order valence-corrected chi connectivity index (χ3v) is 6.99. The van der Waals surface area contributed by atoms with Crippen LogP contribution < -0.4 is 15.4 Å². The summed E-state index contributed by atoms with van der Waals surface area (Å²) < 4.78 is 10.9. The number of nitrogens with one attached hydrogen (secondary N) is 2. The molecule has 2 aromatic rings. The van der Waals surface area contributed by atoms with Gasteiger partial charge in [0.2, 0.25) is 5.91 Å². The van der Waals surface area contributed by atoms with E-state index in [-0.39, 0.29) is 35.1 Å². The van der Waals surface area contributed by atoms with E-state index < -0.39 is 0 Å². The molecule has 0 bridgehead atoms. The predicted molar refractivity (Wildman–Crippen MR) is 149 cm³/mol. The monoisotopic (exact) mass is 539 g/mol. The van der Waals surface area contributed by atoms with Gasteiger partial charge < -0.3 is 20.1 Å². The van der Waals surface area contributed by atoms with Crippen molar-refractivity contribution in [2.24, 2.45) is 5.92 Å². The number of aryl methyl sites for hydroxylation is 1. The lowest BCUT2D eigenvalue weighted by Crippen LogP contribution is -2.57. The van der Waals surface area contributed by atoms with Crippen LogP contribution in [-0.2, 0) is 16.0 Å². The second-order valence-electron chi connectivity index (χ2n) is 11.3. The van der Waals surface area contributed by atoms with Crippen molar-refractivity contribution >= 4 is 23.3 Å². The number of amides is 1. The second-order valence-corrected chi connectivity index (χ2v) is 11.7. The Morgan fingerprint density at radius 2 is 1.84 bits per heavy atom. The van der Waals surface area contributed by atoms with Crippen molar-refractivity contribution in [2.75, 3.05) is 20.3 Å². The van der Waals surface area contributed by atoms with Crippen LogP contribution in [0.4, 0.5) is 0 Å². The van der Waals surface area contributed by atoms with Gasteiger partial charge in [-0.1, -0.05) is 23.7 Å². The van der Waals surface area contributed by atoms with Gasteiger partial charge in [-0.2, -0.15) is 5.26 Å². The molecule has 1 saturated heterocycles. The standard InChI is InChI=1S/C30H38ClN3O4/c1-29(2)17-20(18-30(3,4)34-29)15-25(35)22-9-11-27(24(31)16-22)38-26-8-6-7-21(23(26)19-32)10-12-28(36)33-13-14-37-5/h6-9,11,16,20,34H,10,12-15,17-18H2,1-5H3,(H,33,36). The molecule has 0 atom stereocenters. The fourth-order valence-electron chi connectivity index (χ4n) is 5.56. The first-order valence-electron chi connectivity index (χ1n) is 13.0. The average Bonchev–Trinajstić information content (AvgIpc) is 2.82. The van der Waals surface area contributed by atoms with Crippen LogP contribution in [0.5, 0.6) is 11.5 Å². The molecule has 0 spiro atoms. The largest absolute Gasteiger partial charge is 0.454 e. The number of nitrogens with zero attached hydrogens (tertiary/aromatic N) is 1. The minimum Gasteiger partial charge on any atom is -0.454 e. The van der Waals surface area contributed by atoms with Crippen molar-refractivity contribution in [1.29, 1.82) is 5.26 Å². The Morgan fingerprint density at radius 3 is 2.47 bits per heavy atom. The normalized spacial score (nSPS) is 16.4. The van der Waals surface area contributed by atoms with Crippen molar-refractivity contribution in [3.8, 4) is 17.6 Å². The molecule has 0 aromatic heterocycles. The van der Waals surface area contributed by atoms with Gasteiger partial charge in [-0.25, -0.2) is 0 Å². The third kappa shape index (κ3) is 8.29. The van der Waals surface area contributed by atoms with E-state index in [0.29, 0.717) is 59.2 Å². The number of Topliss-reactive ketones (excluding diaryl/α,β-unsaturated/α-hetero) is 1. The number of nitriles is 1. The smallest absolute Gasteiger partial charge is 0.220 e. The maximum atomic E-state index is 13.1. The van der Waals surface area contributed by atoms with Gasteiger partial charge in [0.1, 0.15) is 17.6 Å². The Balaban J connectivity index is 1.68. The topological polar surface area (TPSA) is 100 Å². The number of piperidine rings is 1. The first-order valence-corrected chi connectivity index (χ1v) is 13.4. The Morgan fingerprint density at radius 1 is 1.13 bits per heavy atom. The van der Waals surface area contributed by atoms with Gasteiger partial charge in [0.15, 0.2) is 5.78 Å². The molecule has 1 fully saturated rings. The van der Waals surface area contributed by atoms with Gasteiger partial charge in [-0.05, 0) is 82.7 Å². The van der Waals surface area contributed by atoms with E-state index >= 15 is 0 Å². The highest BCUT2D eigenvalue weighted by atomic mass is 35.5. The summed E-state index contributed by atoms with van der Waals surface area (Å²) in [6.45, 7) is 9.59. The van der Waals surface area contributed by atoms with Crippen LogP contribution in [0.15, 0.2) is 36.4 Å². The molecule has 2 N–H and O–H groups in total. The molecule has 3 rings (SSSR count). The summed E-state index contributed by atoms with van der Waals surface area (Å²) in [4.78, 5) is 25.2. The average molecular weight is 540 g/mol. The first kappa shape index (κ1) is 29.6. The van der Waals surface area contributed by atoms with Crippen LogP contribution in [0.1, 0.15) is 74.9 Å². The number of hydrogen-bond donors (Lipinski definition) is 2. The van der Waals surface area contributed by atoms with Crippen molar-refractivity contribution in [2.45, 2.75) is 70.9 Å². The summed E-state index contributed by atoms with van der Waals surface area (Å²) in [6, 6.07) is 12.5. The van der Waals surface area contributed by atoms with E-state index in [0.717, 1.165) is 12.8 Å². The first-order chi connectivity index (χ1) is 17.9. The van der Waals surface area contributed by atoms with Gasteiger partial charge in [0.25, 0.3) is 0 Å². The maximum absolute atomic E-state index is 13.1. The van der Waals surface area contributed by atoms with Gasteiger partial charge in [0.05, 0.1) is 17.2 Å². The highest BCUT2D eigenvalue weighted by Crippen LogP contribution is 2.37. The minimum absolute atomic E-state index is 0.0250. The van der Waals surface area contributed by atoms with E-state index in [9.17, 15) is 14.9 Å². The van der Waals surface area contributed by atoms with Crippen molar-refractivity contribution in [3.63, 3.8) is 0 Å². The van der Waals surface area contributed by atoms with E-state index in [1.165, 1.54) is 0 Å². The lowest BCUT2D eigenvalue weighted by molar-refractivity contribution is -0.121. The fraction of sp³-hybridized carbons (Fsp3) is 0.500. The Kier molecular flexibility index (Phi) is 9.94. The SMILES string of the molecule is COCCNC(=O)CCc1cccc(Oc2ccc(C(=O)CC3CC(C)(C)NC(C)(C)C3)cc2Cl)c1C#N. The molecule has 1 heterocycles. The molecule has 1 aliphatic rings. The number of ether oxygens (including phenoxy) is 2. The van der Waals surface area contributed by atoms with E-state index in [4.69, 9.17) is 21.1 Å². The Bertz CT molecular complexity index is 1190. The molecule has 0 aliphatic carbocycles. The molecule has 7 nitrogen and oxygen atoms in total.